The van der Waals surface area contributed by atoms with Gasteiger partial charge in [0.05, 0.1) is 8.07 Å². The molecule has 1 rings (SSSR count). The van der Waals surface area contributed by atoms with Gasteiger partial charge in [0.2, 0.25) is 0 Å². The van der Waals surface area contributed by atoms with Gasteiger partial charge < -0.3 is 0 Å². The highest BCUT2D eigenvalue weighted by atomic mass is 32.2. The summed E-state index contributed by atoms with van der Waals surface area (Å²) in [6.45, 7) is 11.6. The highest BCUT2D eigenvalue weighted by molar-refractivity contribution is 7.99. The molecule has 0 spiro atoms. The maximum atomic E-state index is 2.42. The van der Waals surface area contributed by atoms with E-state index in [0.717, 1.165) is 5.88 Å². The Kier molecular flexibility index (Phi) is 4.41. The standard InChI is InChI=1S/C12H22NSSi/c1-11-7-6-8-13(12(11)2)9-14-10-15(3,4)5/h6-8H,9-10H2,1-5H3/q+1. The average Bonchev–Trinajstić information content (AvgIpc) is 2.10. The van der Waals surface area contributed by atoms with Crippen LogP contribution in [0.15, 0.2) is 18.3 Å². The van der Waals surface area contributed by atoms with Crippen LogP contribution in [-0.2, 0) is 5.88 Å². The third-order valence-corrected chi connectivity index (χ3v) is 7.12. The minimum Gasteiger partial charge on any atom is -0.193 e. The second-order valence-corrected chi connectivity index (χ2v) is 12.2. The van der Waals surface area contributed by atoms with Crippen LogP contribution >= 0.6 is 11.8 Å². The Hall–Kier alpha value is -0.283. The zero-order chi connectivity index (χ0) is 11.5. The van der Waals surface area contributed by atoms with Crippen molar-refractivity contribution in [3.8, 4) is 0 Å². The van der Waals surface area contributed by atoms with Crippen molar-refractivity contribution in [3.63, 3.8) is 0 Å². The zero-order valence-corrected chi connectivity index (χ0v) is 12.3. The summed E-state index contributed by atoms with van der Waals surface area (Å²) in [5.74, 6) is 1.10. The minimum atomic E-state index is -0.892. The number of nitrogens with zero attached hydrogens (tertiary/aromatic N) is 1. The summed E-state index contributed by atoms with van der Waals surface area (Å²) in [5, 5.41) is 1.34. The van der Waals surface area contributed by atoms with Crippen LogP contribution in [0.3, 0.4) is 0 Å². The summed E-state index contributed by atoms with van der Waals surface area (Å²) < 4.78 is 2.35. The van der Waals surface area contributed by atoms with Gasteiger partial charge in [-0.15, -0.1) is 0 Å². The fraction of sp³-hybridized carbons (Fsp3) is 0.583. The molecular weight excluding hydrogens is 218 g/mol. The van der Waals surface area contributed by atoms with E-state index in [9.17, 15) is 0 Å². The molecule has 1 nitrogen and oxygen atoms in total. The van der Waals surface area contributed by atoms with E-state index in [1.807, 2.05) is 0 Å². The van der Waals surface area contributed by atoms with Crippen LogP contribution in [0, 0.1) is 13.8 Å². The highest BCUT2D eigenvalue weighted by Gasteiger charge is 2.15. The van der Waals surface area contributed by atoms with E-state index in [0.29, 0.717) is 0 Å². The predicted octanol–water partition coefficient (Wildman–Crippen LogP) is 3.16. The summed E-state index contributed by atoms with van der Waals surface area (Å²) in [6.07, 6.45) is 2.18. The molecule has 0 aliphatic heterocycles. The Morgan fingerprint density at radius 2 is 1.93 bits per heavy atom. The molecule has 1 aromatic heterocycles. The monoisotopic (exact) mass is 240 g/mol. The van der Waals surface area contributed by atoms with E-state index in [1.165, 1.54) is 16.6 Å². The molecule has 0 radical (unpaired) electrons. The summed E-state index contributed by atoms with van der Waals surface area (Å²) in [7, 11) is -0.892. The quantitative estimate of drug-likeness (QED) is 0.577. The van der Waals surface area contributed by atoms with Crippen molar-refractivity contribution < 1.29 is 4.57 Å². The lowest BCUT2D eigenvalue weighted by atomic mass is 10.2. The Bertz CT molecular complexity index is 331. The number of aryl methyl sites for hydroxylation is 1. The number of aromatic nitrogens is 1. The summed E-state index contributed by atoms with van der Waals surface area (Å²) >= 11 is 2.06. The Labute approximate surface area is 98.9 Å². The second-order valence-electron chi connectivity index (χ2n) is 5.28. The molecule has 0 unspecified atom stereocenters. The molecule has 0 saturated heterocycles. The third kappa shape index (κ3) is 4.39. The molecule has 3 heteroatoms. The van der Waals surface area contributed by atoms with Crippen LogP contribution in [0.4, 0.5) is 0 Å². The molecule has 0 amide bonds. The Morgan fingerprint density at radius 3 is 2.53 bits per heavy atom. The molecule has 1 aromatic rings. The van der Waals surface area contributed by atoms with Gasteiger partial charge in [-0.3, -0.25) is 0 Å². The topological polar surface area (TPSA) is 3.88 Å². The Morgan fingerprint density at radius 1 is 1.27 bits per heavy atom. The summed E-state index contributed by atoms with van der Waals surface area (Å²) in [4.78, 5) is 0. The lowest BCUT2D eigenvalue weighted by Gasteiger charge is -2.13. The first-order valence-corrected chi connectivity index (χ1v) is 10.3. The van der Waals surface area contributed by atoms with E-state index < -0.39 is 8.07 Å². The number of hydrogen-bond acceptors (Lipinski definition) is 1. The molecule has 0 saturated carbocycles. The fourth-order valence-corrected chi connectivity index (χ4v) is 4.63. The van der Waals surface area contributed by atoms with Crippen molar-refractivity contribution in [1.29, 1.82) is 0 Å². The zero-order valence-electron chi connectivity index (χ0n) is 10.5. The molecule has 0 aromatic carbocycles. The summed E-state index contributed by atoms with van der Waals surface area (Å²) in [5.41, 5.74) is 2.77. The second kappa shape index (κ2) is 5.17. The number of pyridine rings is 1. The lowest BCUT2D eigenvalue weighted by Crippen LogP contribution is -2.37. The third-order valence-electron chi connectivity index (χ3n) is 2.38. The van der Waals surface area contributed by atoms with E-state index in [1.54, 1.807) is 0 Å². The molecule has 0 fully saturated rings. The first-order chi connectivity index (χ1) is 6.90. The molecule has 0 aliphatic rings. The summed E-state index contributed by atoms with van der Waals surface area (Å²) in [6, 6.07) is 4.31. The molecule has 0 N–H and O–H groups in total. The van der Waals surface area contributed by atoms with E-state index in [2.05, 4.69) is 68.1 Å². The van der Waals surface area contributed by atoms with Crippen molar-refractivity contribution in [2.45, 2.75) is 39.4 Å². The number of thioether (sulfide) groups is 1. The SMILES string of the molecule is Cc1ccc[n+](CSC[Si](C)(C)C)c1C. The van der Waals surface area contributed by atoms with Crippen LogP contribution in [0.2, 0.25) is 19.6 Å². The lowest BCUT2D eigenvalue weighted by molar-refractivity contribution is -0.682. The molecule has 15 heavy (non-hydrogen) atoms. The average molecular weight is 240 g/mol. The van der Waals surface area contributed by atoms with Gasteiger partial charge in [-0.25, -0.2) is 0 Å². The molecular formula is C12H22NSSi+. The fourth-order valence-electron chi connectivity index (χ4n) is 1.34. The van der Waals surface area contributed by atoms with Gasteiger partial charge in [0, 0.05) is 18.6 Å². The van der Waals surface area contributed by atoms with Crippen molar-refractivity contribution >= 4 is 19.8 Å². The van der Waals surface area contributed by atoms with Gasteiger partial charge in [0.1, 0.15) is 0 Å². The van der Waals surface area contributed by atoms with Crippen molar-refractivity contribution in [2.24, 2.45) is 0 Å². The van der Waals surface area contributed by atoms with Gasteiger partial charge in [0.25, 0.3) is 0 Å². The van der Waals surface area contributed by atoms with Crippen molar-refractivity contribution in [3.05, 3.63) is 29.6 Å². The largest absolute Gasteiger partial charge is 0.194 e. The van der Waals surface area contributed by atoms with Crippen molar-refractivity contribution in [1.82, 2.24) is 0 Å². The van der Waals surface area contributed by atoms with Crippen LogP contribution in [-0.4, -0.2) is 13.5 Å². The number of rotatable bonds is 4. The van der Waals surface area contributed by atoms with Crippen LogP contribution in [0.5, 0.6) is 0 Å². The maximum absolute atomic E-state index is 2.42. The van der Waals surface area contributed by atoms with Crippen LogP contribution in [0.1, 0.15) is 11.3 Å². The first kappa shape index (κ1) is 12.8. The van der Waals surface area contributed by atoms with Gasteiger partial charge in [0.15, 0.2) is 17.8 Å². The minimum absolute atomic E-state index is 0.892. The van der Waals surface area contributed by atoms with Crippen LogP contribution in [0.25, 0.3) is 0 Å². The smallest absolute Gasteiger partial charge is 0.193 e. The van der Waals surface area contributed by atoms with Crippen LogP contribution < -0.4 is 4.57 Å². The Balaban J connectivity index is 2.55. The highest BCUT2D eigenvalue weighted by Crippen LogP contribution is 2.11. The predicted molar refractivity (Wildman–Crippen MR) is 71.9 cm³/mol. The maximum Gasteiger partial charge on any atom is 0.194 e. The molecule has 1 heterocycles. The molecule has 0 aliphatic carbocycles. The normalized spacial score (nSPS) is 11.8. The van der Waals surface area contributed by atoms with Gasteiger partial charge in [-0.05, 0) is 18.4 Å². The molecule has 0 bridgehead atoms. The van der Waals surface area contributed by atoms with Gasteiger partial charge >= 0.3 is 0 Å². The van der Waals surface area contributed by atoms with E-state index >= 15 is 0 Å². The van der Waals surface area contributed by atoms with E-state index in [-0.39, 0.29) is 0 Å². The van der Waals surface area contributed by atoms with Gasteiger partial charge in [-0.1, -0.05) is 31.4 Å². The molecule has 84 valence electrons. The van der Waals surface area contributed by atoms with Crippen molar-refractivity contribution in [2.75, 3.05) is 5.38 Å². The van der Waals surface area contributed by atoms with Gasteiger partial charge in [-0.2, -0.15) is 4.57 Å². The molecule has 0 atom stereocenters. The number of hydrogen-bond donors (Lipinski definition) is 0. The van der Waals surface area contributed by atoms with E-state index in [4.69, 9.17) is 0 Å². The first-order valence-electron chi connectivity index (χ1n) is 5.43.